The highest BCUT2D eigenvalue weighted by Gasteiger charge is 2.32. The number of rotatable bonds is 5. The minimum atomic E-state index is -0.192. The standard InChI is InChI=1S/C28H25N3O3/c1-4-15-30-25-14-9-18(2)16-22(25)23(27(30)32)17-26-29-24-8-6-5-7-21(24)28(33)31(26)19-10-12-20(34-3)13-11-19/h5-14,16-17H,4,15H2,1-3H3/b23-17+. The fourth-order valence-corrected chi connectivity index (χ4v) is 4.41. The van der Waals surface area contributed by atoms with Gasteiger partial charge in [0.25, 0.3) is 11.5 Å². The average Bonchev–Trinajstić information content (AvgIpc) is 3.10. The van der Waals surface area contributed by atoms with Crippen molar-refractivity contribution >= 4 is 34.1 Å². The predicted octanol–water partition coefficient (Wildman–Crippen LogP) is 5.00. The average molecular weight is 452 g/mol. The molecular weight excluding hydrogens is 426 g/mol. The Bertz CT molecular complexity index is 1500. The molecule has 0 N–H and O–H groups in total. The molecule has 170 valence electrons. The lowest BCUT2D eigenvalue weighted by atomic mass is 10.0. The van der Waals surface area contributed by atoms with E-state index in [9.17, 15) is 9.59 Å². The smallest absolute Gasteiger partial charge is 0.266 e. The van der Waals surface area contributed by atoms with Crippen molar-refractivity contribution in [2.75, 3.05) is 18.6 Å². The van der Waals surface area contributed by atoms with E-state index in [1.165, 1.54) is 0 Å². The molecule has 0 saturated heterocycles. The molecule has 1 aliphatic rings. The van der Waals surface area contributed by atoms with Crippen molar-refractivity contribution in [3.8, 4) is 11.4 Å². The number of aromatic nitrogens is 2. The van der Waals surface area contributed by atoms with Gasteiger partial charge in [0, 0.05) is 12.1 Å². The fraction of sp³-hybridized carbons (Fsp3) is 0.179. The van der Waals surface area contributed by atoms with E-state index >= 15 is 0 Å². The van der Waals surface area contributed by atoms with Crippen LogP contribution in [0, 0.1) is 6.92 Å². The lowest BCUT2D eigenvalue weighted by Crippen LogP contribution is -2.27. The summed E-state index contributed by atoms with van der Waals surface area (Å²) in [5, 5.41) is 0.516. The third-order valence-electron chi connectivity index (χ3n) is 6.06. The van der Waals surface area contributed by atoms with Crippen LogP contribution < -0.4 is 15.2 Å². The van der Waals surface area contributed by atoms with Crippen LogP contribution in [-0.4, -0.2) is 29.1 Å². The second-order valence-corrected chi connectivity index (χ2v) is 8.36. The van der Waals surface area contributed by atoms with Gasteiger partial charge in [0.1, 0.15) is 11.6 Å². The second kappa shape index (κ2) is 8.63. The Morgan fingerprint density at radius 1 is 1.00 bits per heavy atom. The summed E-state index contributed by atoms with van der Waals surface area (Å²) in [5.74, 6) is 1.02. The third-order valence-corrected chi connectivity index (χ3v) is 6.06. The van der Waals surface area contributed by atoms with Gasteiger partial charge < -0.3 is 9.64 Å². The quantitative estimate of drug-likeness (QED) is 0.401. The van der Waals surface area contributed by atoms with Gasteiger partial charge in [-0.25, -0.2) is 4.98 Å². The number of methoxy groups -OCH3 is 1. The van der Waals surface area contributed by atoms with Crippen LogP contribution in [-0.2, 0) is 4.79 Å². The summed E-state index contributed by atoms with van der Waals surface area (Å²) >= 11 is 0. The Hall–Kier alpha value is -4.19. The van der Waals surface area contributed by atoms with Gasteiger partial charge in [0.05, 0.1) is 35.0 Å². The molecule has 0 atom stereocenters. The van der Waals surface area contributed by atoms with Gasteiger partial charge in [0.2, 0.25) is 0 Å². The van der Waals surface area contributed by atoms with Crippen molar-refractivity contribution in [3.05, 3.63) is 94.0 Å². The molecule has 6 nitrogen and oxygen atoms in total. The molecule has 0 fully saturated rings. The highest BCUT2D eigenvalue weighted by molar-refractivity contribution is 6.35. The lowest BCUT2D eigenvalue weighted by molar-refractivity contribution is -0.113. The van der Waals surface area contributed by atoms with Crippen molar-refractivity contribution in [3.63, 3.8) is 0 Å². The summed E-state index contributed by atoms with van der Waals surface area (Å²) in [4.78, 5) is 33.7. The maximum absolute atomic E-state index is 13.6. The third kappa shape index (κ3) is 3.57. The number of benzene rings is 3. The molecule has 3 aromatic carbocycles. The summed E-state index contributed by atoms with van der Waals surface area (Å²) in [7, 11) is 1.60. The minimum Gasteiger partial charge on any atom is -0.497 e. The van der Waals surface area contributed by atoms with Gasteiger partial charge in [0.15, 0.2) is 0 Å². The van der Waals surface area contributed by atoms with Crippen LogP contribution in [0.25, 0.3) is 28.2 Å². The van der Waals surface area contributed by atoms with E-state index in [4.69, 9.17) is 9.72 Å². The van der Waals surface area contributed by atoms with Crippen LogP contribution >= 0.6 is 0 Å². The first kappa shape index (κ1) is 21.6. The molecule has 0 saturated carbocycles. The molecule has 0 radical (unpaired) electrons. The van der Waals surface area contributed by atoms with E-state index in [-0.39, 0.29) is 11.5 Å². The maximum Gasteiger partial charge on any atom is 0.266 e. The minimum absolute atomic E-state index is 0.0776. The molecular formula is C28H25N3O3. The number of carbonyl (C=O) groups is 1. The first-order chi connectivity index (χ1) is 16.5. The lowest BCUT2D eigenvalue weighted by Gasteiger charge is -2.15. The number of fused-ring (bicyclic) bond motifs is 2. The zero-order chi connectivity index (χ0) is 23.8. The Balaban J connectivity index is 1.78. The number of hydrogen-bond donors (Lipinski definition) is 0. The molecule has 2 heterocycles. The van der Waals surface area contributed by atoms with E-state index in [1.54, 1.807) is 40.9 Å². The molecule has 6 heteroatoms. The van der Waals surface area contributed by atoms with Gasteiger partial charge in [-0.05, 0) is 68.0 Å². The van der Waals surface area contributed by atoms with E-state index in [2.05, 4.69) is 6.92 Å². The monoisotopic (exact) mass is 451 g/mol. The molecule has 1 aromatic heterocycles. The molecule has 0 bridgehead atoms. The molecule has 0 aliphatic carbocycles. The Kier molecular flexibility index (Phi) is 5.49. The summed E-state index contributed by atoms with van der Waals surface area (Å²) < 4.78 is 6.83. The highest BCUT2D eigenvalue weighted by Crippen LogP contribution is 2.38. The van der Waals surface area contributed by atoms with Gasteiger partial charge in [-0.3, -0.25) is 14.2 Å². The zero-order valence-corrected chi connectivity index (χ0v) is 19.4. The van der Waals surface area contributed by atoms with Crippen molar-refractivity contribution in [2.24, 2.45) is 0 Å². The molecule has 1 amide bonds. The Morgan fingerprint density at radius 3 is 2.50 bits per heavy atom. The van der Waals surface area contributed by atoms with Gasteiger partial charge in [-0.1, -0.05) is 30.7 Å². The SMILES string of the molecule is CCCN1C(=O)/C(=C/c2nc3ccccc3c(=O)n2-c2ccc(OC)cc2)c2cc(C)ccc21. The number of ether oxygens (including phenoxy) is 1. The normalized spacial score (nSPS) is 14.1. The first-order valence-corrected chi connectivity index (χ1v) is 11.3. The van der Waals surface area contributed by atoms with E-state index in [0.29, 0.717) is 40.3 Å². The van der Waals surface area contributed by atoms with E-state index in [0.717, 1.165) is 23.2 Å². The van der Waals surface area contributed by atoms with Gasteiger partial charge in [-0.15, -0.1) is 0 Å². The molecule has 34 heavy (non-hydrogen) atoms. The number of carbonyl (C=O) groups excluding carboxylic acids is 1. The number of anilines is 1. The molecule has 0 unspecified atom stereocenters. The summed E-state index contributed by atoms with van der Waals surface area (Å²) in [5.41, 5.74) is 4.40. The number of aryl methyl sites for hydroxylation is 1. The summed E-state index contributed by atoms with van der Waals surface area (Å²) in [6.45, 7) is 4.68. The summed E-state index contributed by atoms with van der Waals surface area (Å²) in [6, 6.07) is 20.5. The van der Waals surface area contributed by atoms with Crippen molar-refractivity contribution in [2.45, 2.75) is 20.3 Å². The molecule has 5 rings (SSSR count). The maximum atomic E-state index is 13.6. The zero-order valence-electron chi connectivity index (χ0n) is 19.4. The van der Waals surface area contributed by atoms with Crippen molar-refractivity contribution in [1.82, 2.24) is 9.55 Å². The van der Waals surface area contributed by atoms with Crippen LogP contribution in [0.1, 0.15) is 30.3 Å². The topological polar surface area (TPSA) is 64.4 Å². The molecule has 0 spiro atoms. The van der Waals surface area contributed by atoms with E-state index in [1.807, 2.05) is 55.5 Å². The number of nitrogens with zero attached hydrogens (tertiary/aromatic N) is 3. The van der Waals surface area contributed by atoms with Gasteiger partial charge in [-0.2, -0.15) is 0 Å². The van der Waals surface area contributed by atoms with Crippen LogP contribution in [0.3, 0.4) is 0 Å². The Labute approximate surface area is 197 Å². The first-order valence-electron chi connectivity index (χ1n) is 11.3. The van der Waals surface area contributed by atoms with Crippen molar-refractivity contribution in [1.29, 1.82) is 0 Å². The predicted molar refractivity (Wildman–Crippen MR) is 136 cm³/mol. The molecule has 4 aromatic rings. The van der Waals surface area contributed by atoms with Gasteiger partial charge >= 0.3 is 0 Å². The highest BCUT2D eigenvalue weighted by atomic mass is 16.5. The Morgan fingerprint density at radius 2 is 1.76 bits per heavy atom. The van der Waals surface area contributed by atoms with Crippen LogP contribution in [0.2, 0.25) is 0 Å². The van der Waals surface area contributed by atoms with Crippen LogP contribution in [0.5, 0.6) is 5.75 Å². The summed E-state index contributed by atoms with van der Waals surface area (Å²) in [6.07, 6.45) is 2.59. The number of amides is 1. The largest absolute Gasteiger partial charge is 0.497 e. The second-order valence-electron chi connectivity index (χ2n) is 8.36. The van der Waals surface area contributed by atoms with Crippen LogP contribution in [0.4, 0.5) is 5.69 Å². The number of para-hydroxylation sites is 1. The molecule has 1 aliphatic heterocycles. The number of hydrogen-bond acceptors (Lipinski definition) is 4. The fourth-order valence-electron chi connectivity index (χ4n) is 4.41. The van der Waals surface area contributed by atoms with Crippen molar-refractivity contribution < 1.29 is 9.53 Å². The van der Waals surface area contributed by atoms with Crippen LogP contribution in [0.15, 0.2) is 71.5 Å². The van der Waals surface area contributed by atoms with E-state index < -0.39 is 0 Å².